The van der Waals surface area contributed by atoms with Gasteiger partial charge in [0.1, 0.15) is 108 Å². The zero-order chi connectivity index (χ0) is 94.2. The number of benzene rings is 7. The Kier molecular flexibility index (Phi) is 32.4. The number of aromatic hydroxyl groups is 3. The number of phenols is 3. The number of phenolic OH excluding ortho intramolecular Hbond substituents is 3. The van der Waals surface area contributed by atoms with E-state index in [0.29, 0.717) is 6.42 Å². The Morgan fingerprint density at radius 3 is 2.04 bits per heavy atom. The molecule has 0 spiro atoms. The minimum absolute atomic E-state index is 0.00499. The SMILES string of the molecule is CC[C@H](CC(C)C)C(=O)N[C@H]1C(=O)C[C@@H](CC(N)=O)C(=O)N[C@H]2C(=O)C[C@H]3C(=O)N[C@H](C(=O)N[C@H](OC=O)c4cc(O)c(CNCCCCC(=O)[C@H](O)[C@@H](O)[C@H](O)[C@H](O)CO)c(O)c4-c4cc3ccc4O)[C@H](O)c3ccc(c(Cl)c3)Oc3cc2cc(c3O[C@@H]2O[C@H](CO)C(O)C(O)[C@H]2O[C@@H]2C[C@@H](C)[C@@H](O)C(C)(NCc3cccc4ccccc34)C2)Oc2ccc(cc2Cl)[C@H]1O. The second kappa shape index (κ2) is 42.7. The summed E-state index contributed by atoms with van der Waals surface area (Å²) in [7, 11) is 0. The zero-order valence-corrected chi connectivity index (χ0v) is 73.1. The van der Waals surface area contributed by atoms with Gasteiger partial charge in [0, 0.05) is 66.9 Å². The number of primary amides is 1. The standard InChI is InChI=1S/C92H109Cl2N7O29/c1-6-43(24-41(2)3)86(121)99-73-62(108)29-50(32-70(95)111)87(122)98-72-49-30-67(127-65-21-18-46(75(73)112)27-57(65)93)83(130-91-84(82(119)80(117)69(39-103)129-91)126-51-25-42(4)85(120)92(5,35-51)97-36-48-14-11-13-44-12-7-8-15-52(44)48)68(31-49)128-66-22-19-47(28-58(66)94)76(113)74-89(124)101-90(125-40-104)55-34-61(107)56(37-96-23-10-9-16-60(106)78(115)81(118)79(116)64(110)38-102)77(114)71(55)54-26-45(17-20-59(54)105)53(33-63(72)109)88(123)100-74/h7-8,11-15,17-22,26-28,30-31,34,40-43,50-51,53,64,69,72-76,78-82,84-85,90-91,96-97,102-103,105,107,110,112-120H,6,9-10,16,23-25,29,32-33,35-39H2,1-5H3,(H2,95,111)(H,98,122)(H,99,121)(H,100,123)(H,101,124)/t42-,43-,50+,51-,53-,64-,69-,72-,73+,74+,75-,76-,78+,79-,80?,81-,82?,84-,85-,90-,91+,92?/m1/s1. The van der Waals surface area contributed by atoms with Gasteiger partial charge in [-0.25, -0.2) is 0 Å². The molecule has 1 saturated heterocycles. The highest BCUT2D eigenvalue weighted by molar-refractivity contribution is 6.32. The summed E-state index contributed by atoms with van der Waals surface area (Å²) >= 11 is 14.5. The molecule has 36 nitrogen and oxygen atoms in total. The monoisotopic (exact) mass is 1850 g/mol. The predicted molar refractivity (Wildman–Crippen MR) is 464 cm³/mol. The maximum atomic E-state index is 16.6. The summed E-state index contributed by atoms with van der Waals surface area (Å²) in [5.74, 6) is -18.9. The largest absolute Gasteiger partial charge is 0.507 e. The highest BCUT2D eigenvalue weighted by Crippen LogP contribution is 2.52. The molecule has 7 aromatic rings. The third-order valence-electron chi connectivity index (χ3n) is 24.7. The van der Waals surface area contributed by atoms with E-state index in [-0.39, 0.29) is 103 Å². The Bertz CT molecular complexity index is 5330. The van der Waals surface area contributed by atoms with Crippen molar-refractivity contribution >= 4 is 87.3 Å². The molecule has 2 fully saturated rings. The van der Waals surface area contributed by atoms with Crippen molar-refractivity contribution in [2.24, 2.45) is 29.4 Å². The average molecular weight is 1850 g/mol. The van der Waals surface area contributed by atoms with Gasteiger partial charge < -0.3 is 138 Å². The molecular weight excluding hydrogens is 1740 g/mol. The van der Waals surface area contributed by atoms with Gasteiger partial charge in [-0.2, -0.15) is 0 Å². The van der Waals surface area contributed by atoms with Crippen molar-refractivity contribution in [3.63, 3.8) is 0 Å². The number of carbonyl (C=O) groups excluding carboxylic acids is 9. The predicted octanol–water partition coefficient (Wildman–Crippen LogP) is 4.48. The first-order valence-corrected chi connectivity index (χ1v) is 43.6. The lowest BCUT2D eigenvalue weighted by Crippen LogP contribution is -2.64. The second-order valence-electron chi connectivity index (χ2n) is 34.4. The van der Waals surface area contributed by atoms with Gasteiger partial charge in [-0.15, -0.1) is 0 Å². The molecule has 14 rings (SSSR count). The number of rotatable bonds is 29. The van der Waals surface area contributed by atoms with Crippen LogP contribution in [0.3, 0.4) is 0 Å². The summed E-state index contributed by atoms with van der Waals surface area (Å²) in [6.07, 6.45) is -28.3. The summed E-state index contributed by atoms with van der Waals surface area (Å²) in [6.45, 7) is 6.84. The molecule has 700 valence electrons. The fraction of sp³-hybridized carbons (Fsp3) is 0.467. The smallest absolute Gasteiger partial charge is 0.295 e. The second-order valence-corrected chi connectivity index (χ2v) is 35.2. The van der Waals surface area contributed by atoms with E-state index in [1.807, 2.05) is 63.2 Å². The van der Waals surface area contributed by atoms with Crippen LogP contribution in [0.1, 0.15) is 168 Å². The Morgan fingerprint density at radius 1 is 0.723 bits per heavy atom. The first-order chi connectivity index (χ1) is 61.8. The first kappa shape index (κ1) is 98.4. The van der Waals surface area contributed by atoms with Crippen molar-refractivity contribution in [3.8, 4) is 57.1 Å². The maximum Gasteiger partial charge on any atom is 0.295 e. The summed E-state index contributed by atoms with van der Waals surface area (Å²) in [5.41, 5.74) is 2.92. The summed E-state index contributed by atoms with van der Waals surface area (Å²) in [5, 5.41) is 177. The number of aliphatic hydroxyl groups is 11. The van der Waals surface area contributed by atoms with Crippen LogP contribution in [-0.2, 0) is 70.5 Å². The molecule has 0 radical (unpaired) electrons. The van der Waals surface area contributed by atoms with Crippen LogP contribution in [0.4, 0.5) is 0 Å². The third-order valence-corrected chi connectivity index (χ3v) is 25.3. The van der Waals surface area contributed by atoms with E-state index in [2.05, 4.69) is 31.9 Å². The molecule has 5 amide bonds. The Hall–Kier alpha value is -10.6. The number of carbonyl (C=O) groups is 9. The van der Waals surface area contributed by atoms with Crippen molar-refractivity contribution in [1.29, 1.82) is 0 Å². The van der Waals surface area contributed by atoms with Crippen molar-refractivity contribution in [1.82, 2.24) is 31.9 Å². The Balaban J connectivity index is 1.02. The fourth-order valence-corrected chi connectivity index (χ4v) is 18.0. The molecule has 22 atom stereocenters. The normalized spacial score (nSPS) is 26.6. The zero-order valence-electron chi connectivity index (χ0n) is 71.6. The molecular formula is C92H109Cl2N7O29. The van der Waals surface area contributed by atoms with Crippen LogP contribution >= 0.6 is 23.2 Å². The first-order valence-electron chi connectivity index (χ1n) is 42.8. The number of nitrogens with one attached hydrogen (secondary N) is 6. The van der Waals surface area contributed by atoms with Crippen LogP contribution in [0, 0.1) is 23.7 Å². The molecule has 38 heteroatoms. The van der Waals surface area contributed by atoms with E-state index in [0.717, 1.165) is 58.8 Å². The van der Waals surface area contributed by atoms with Crippen LogP contribution in [0.2, 0.25) is 10.0 Å². The van der Waals surface area contributed by atoms with Crippen LogP contribution < -0.4 is 51.8 Å². The molecule has 6 aliphatic heterocycles. The number of hydrogen-bond acceptors (Lipinski definition) is 31. The number of hydrogen-bond donors (Lipinski definition) is 21. The highest BCUT2D eigenvalue weighted by atomic mass is 35.5. The van der Waals surface area contributed by atoms with Gasteiger partial charge in [0.2, 0.25) is 47.8 Å². The molecule has 3 unspecified atom stereocenters. The van der Waals surface area contributed by atoms with Gasteiger partial charge in [0.05, 0.1) is 52.9 Å². The van der Waals surface area contributed by atoms with Crippen LogP contribution in [0.15, 0.2) is 115 Å². The van der Waals surface area contributed by atoms with Crippen molar-refractivity contribution in [2.45, 2.75) is 227 Å². The molecule has 22 N–H and O–H groups in total. The van der Waals surface area contributed by atoms with Gasteiger partial charge in [0.15, 0.2) is 28.8 Å². The lowest BCUT2D eigenvalue weighted by molar-refractivity contribution is -0.299. The number of halogens is 2. The Morgan fingerprint density at radius 2 is 1.39 bits per heavy atom. The van der Waals surface area contributed by atoms with Gasteiger partial charge in [-0.3, -0.25) is 43.2 Å². The average Bonchev–Trinajstić information content (AvgIpc) is 0.756. The van der Waals surface area contributed by atoms with E-state index in [1.165, 1.54) is 30.3 Å². The molecule has 7 aliphatic rings. The topological polar surface area (TPSA) is 590 Å². The number of amides is 5. The van der Waals surface area contributed by atoms with Gasteiger partial charge >= 0.3 is 0 Å². The molecule has 130 heavy (non-hydrogen) atoms. The van der Waals surface area contributed by atoms with Crippen LogP contribution in [0.25, 0.3) is 21.9 Å². The Labute approximate surface area is 756 Å². The number of ether oxygens (including phenoxy) is 6. The van der Waals surface area contributed by atoms with Crippen LogP contribution in [-0.4, -0.2) is 230 Å². The summed E-state index contributed by atoms with van der Waals surface area (Å²) < 4.78 is 39.4. The number of nitrogens with two attached hydrogens (primary N) is 1. The minimum Gasteiger partial charge on any atom is -0.507 e. The lowest BCUT2D eigenvalue weighted by Gasteiger charge is -2.49. The number of Topliss-reactive ketones (excluding diaryl/α,β-unsaturated/α-hetero) is 3. The summed E-state index contributed by atoms with van der Waals surface area (Å²) in [4.78, 5) is 132. The number of unbranched alkanes of at least 4 members (excludes halogenated alkanes) is 1. The molecule has 1 aliphatic carbocycles. The maximum absolute atomic E-state index is 16.6. The lowest BCUT2D eigenvalue weighted by atomic mass is 9.73. The fourth-order valence-electron chi connectivity index (χ4n) is 17.5. The minimum atomic E-state index is -2.26. The van der Waals surface area contributed by atoms with Gasteiger partial charge in [-0.05, 0) is 157 Å². The molecule has 1 saturated carbocycles. The molecule has 7 aromatic carbocycles. The van der Waals surface area contributed by atoms with Crippen LogP contribution in [0.5, 0.6) is 46.0 Å². The van der Waals surface area contributed by atoms with E-state index in [1.54, 1.807) is 13.8 Å². The van der Waals surface area contributed by atoms with E-state index in [9.17, 15) is 90.7 Å². The molecule has 11 bridgehead atoms. The van der Waals surface area contributed by atoms with E-state index < -0.39 is 281 Å². The van der Waals surface area contributed by atoms with Crippen molar-refractivity contribution < 1.29 is 143 Å². The summed E-state index contributed by atoms with van der Waals surface area (Å²) in [6, 6.07) is 20.8. The quantitative estimate of drug-likeness (QED) is 0.0227. The third kappa shape index (κ3) is 22.1. The van der Waals surface area contributed by atoms with Crippen molar-refractivity contribution in [2.75, 3.05) is 19.8 Å². The van der Waals surface area contributed by atoms with Gasteiger partial charge in [0.25, 0.3) is 6.47 Å². The molecule has 6 heterocycles. The molecule has 0 aromatic heterocycles. The number of aliphatic hydroxyl groups excluding tert-OH is 11. The number of fused-ring (bicyclic) bond motifs is 16. The van der Waals surface area contributed by atoms with E-state index in [4.69, 9.17) is 57.4 Å². The highest BCUT2D eigenvalue weighted by Gasteiger charge is 2.52. The van der Waals surface area contributed by atoms with E-state index >= 15 is 24.0 Å². The number of ketones is 3. The van der Waals surface area contributed by atoms with Crippen molar-refractivity contribution in [3.05, 3.63) is 164 Å². The van der Waals surface area contributed by atoms with Gasteiger partial charge in [-0.1, -0.05) is 112 Å².